The maximum atomic E-state index is 9.58. The minimum atomic E-state index is 0.324. The number of nitriles is 1. The van der Waals surface area contributed by atoms with E-state index in [1.165, 1.54) is 11.3 Å². The van der Waals surface area contributed by atoms with Crippen molar-refractivity contribution in [2.75, 3.05) is 65.6 Å². The predicted molar refractivity (Wildman–Crippen MR) is 111 cm³/mol. The fourth-order valence-corrected chi connectivity index (χ4v) is 3.64. The molecule has 0 bridgehead atoms. The van der Waals surface area contributed by atoms with Crippen LogP contribution >= 0.6 is 0 Å². The van der Waals surface area contributed by atoms with Gasteiger partial charge in [0, 0.05) is 63.6 Å². The van der Waals surface area contributed by atoms with E-state index in [0.717, 1.165) is 84.0 Å². The number of morpholine rings is 1. The molecular formula is C22H38N4O. The number of ether oxygens (including phenoxy) is 1. The number of piperazine rings is 1. The van der Waals surface area contributed by atoms with Gasteiger partial charge in [0.05, 0.1) is 19.3 Å². The SMILES string of the molecule is CCC(C)=C(/C=C(/C#N)C(C)CC)N1CCN(CCN2CCOCC2)CC1. The van der Waals surface area contributed by atoms with Gasteiger partial charge in [0.15, 0.2) is 0 Å². The summed E-state index contributed by atoms with van der Waals surface area (Å²) in [6.45, 7) is 19.2. The summed E-state index contributed by atoms with van der Waals surface area (Å²) in [6.07, 6.45) is 4.20. The summed E-state index contributed by atoms with van der Waals surface area (Å²) < 4.78 is 5.44. The summed E-state index contributed by atoms with van der Waals surface area (Å²) in [4.78, 5) is 7.58. The third kappa shape index (κ3) is 6.64. The van der Waals surface area contributed by atoms with Crippen molar-refractivity contribution in [2.45, 2.75) is 40.5 Å². The Kier molecular flexibility index (Phi) is 9.33. The fourth-order valence-electron chi connectivity index (χ4n) is 3.64. The Hall–Kier alpha value is -1.35. The summed E-state index contributed by atoms with van der Waals surface area (Å²) in [5.41, 5.74) is 3.57. The normalized spacial score (nSPS) is 22.3. The second-order valence-corrected chi connectivity index (χ2v) is 7.82. The molecule has 0 saturated carbocycles. The molecule has 0 N–H and O–H groups in total. The molecule has 2 aliphatic rings. The molecule has 5 heteroatoms. The van der Waals surface area contributed by atoms with Crippen molar-refractivity contribution in [3.8, 4) is 6.07 Å². The van der Waals surface area contributed by atoms with Crippen LogP contribution in [0.1, 0.15) is 40.5 Å². The molecule has 152 valence electrons. The van der Waals surface area contributed by atoms with Crippen LogP contribution in [0.3, 0.4) is 0 Å². The van der Waals surface area contributed by atoms with Crippen LogP contribution in [0.25, 0.3) is 0 Å². The Morgan fingerprint density at radius 2 is 1.63 bits per heavy atom. The van der Waals surface area contributed by atoms with Crippen molar-refractivity contribution in [3.63, 3.8) is 0 Å². The molecule has 2 aliphatic heterocycles. The highest BCUT2D eigenvalue weighted by molar-refractivity contribution is 5.35. The smallest absolute Gasteiger partial charge is 0.0950 e. The first-order chi connectivity index (χ1) is 13.1. The van der Waals surface area contributed by atoms with Crippen LogP contribution in [0.2, 0.25) is 0 Å². The second-order valence-electron chi connectivity index (χ2n) is 7.82. The van der Waals surface area contributed by atoms with Crippen molar-refractivity contribution in [1.82, 2.24) is 14.7 Å². The molecule has 2 saturated heterocycles. The molecule has 0 aromatic carbocycles. The van der Waals surface area contributed by atoms with E-state index in [-0.39, 0.29) is 0 Å². The lowest BCUT2D eigenvalue weighted by Gasteiger charge is -2.38. The van der Waals surface area contributed by atoms with Gasteiger partial charge in [0.25, 0.3) is 0 Å². The van der Waals surface area contributed by atoms with Gasteiger partial charge in [-0.15, -0.1) is 0 Å². The maximum absolute atomic E-state index is 9.58. The molecule has 0 aromatic heterocycles. The van der Waals surface area contributed by atoms with E-state index >= 15 is 0 Å². The van der Waals surface area contributed by atoms with E-state index in [9.17, 15) is 5.26 Å². The molecule has 0 amide bonds. The molecule has 2 fully saturated rings. The first kappa shape index (κ1) is 21.9. The van der Waals surface area contributed by atoms with Gasteiger partial charge in [0.2, 0.25) is 0 Å². The van der Waals surface area contributed by atoms with E-state index in [1.807, 2.05) is 0 Å². The van der Waals surface area contributed by atoms with E-state index in [1.54, 1.807) is 0 Å². The summed E-state index contributed by atoms with van der Waals surface area (Å²) >= 11 is 0. The molecule has 27 heavy (non-hydrogen) atoms. The Bertz CT molecular complexity index is 549. The first-order valence-electron chi connectivity index (χ1n) is 10.7. The Balaban J connectivity index is 1.94. The van der Waals surface area contributed by atoms with E-state index in [2.05, 4.69) is 54.5 Å². The number of nitrogens with zero attached hydrogens (tertiary/aromatic N) is 4. The lowest BCUT2D eigenvalue weighted by Crippen LogP contribution is -2.49. The van der Waals surface area contributed by atoms with Gasteiger partial charge in [-0.2, -0.15) is 5.26 Å². The molecule has 1 atom stereocenters. The Labute approximate surface area is 166 Å². The molecule has 0 radical (unpaired) electrons. The first-order valence-corrected chi connectivity index (χ1v) is 10.7. The Morgan fingerprint density at radius 1 is 1.04 bits per heavy atom. The van der Waals surface area contributed by atoms with E-state index in [0.29, 0.717) is 5.92 Å². The average Bonchev–Trinajstić information content (AvgIpc) is 2.73. The molecule has 0 spiro atoms. The van der Waals surface area contributed by atoms with Crippen LogP contribution in [-0.4, -0.2) is 80.3 Å². The zero-order valence-corrected chi connectivity index (χ0v) is 17.8. The molecule has 2 heterocycles. The monoisotopic (exact) mass is 374 g/mol. The van der Waals surface area contributed by atoms with Crippen LogP contribution < -0.4 is 0 Å². The lowest BCUT2D eigenvalue weighted by atomic mass is 9.97. The fraction of sp³-hybridized carbons (Fsp3) is 0.773. The highest BCUT2D eigenvalue weighted by atomic mass is 16.5. The van der Waals surface area contributed by atoms with Crippen LogP contribution in [0.15, 0.2) is 22.9 Å². The zero-order chi connectivity index (χ0) is 19.6. The van der Waals surface area contributed by atoms with E-state index in [4.69, 9.17) is 4.74 Å². The summed E-state index contributed by atoms with van der Waals surface area (Å²) in [5, 5.41) is 9.58. The highest BCUT2D eigenvalue weighted by Crippen LogP contribution is 2.22. The van der Waals surface area contributed by atoms with Crippen LogP contribution in [0.4, 0.5) is 0 Å². The quantitative estimate of drug-likeness (QED) is 0.482. The standard InChI is InChI=1S/C22H38N4O/c1-5-19(3)21(18-23)17-22(20(4)6-2)26-11-9-24(10-12-26)7-8-25-13-15-27-16-14-25/h17,19H,5-16H2,1-4H3/b21-17-,22-20?. The largest absolute Gasteiger partial charge is 0.379 e. The van der Waals surface area contributed by atoms with Gasteiger partial charge in [-0.05, 0) is 31.8 Å². The number of rotatable bonds is 8. The minimum Gasteiger partial charge on any atom is -0.379 e. The number of hydrogen-bond acceptors (Lipinski definition) is 5. The van der Waals surface area contributed by atoms with Crippen molar-refractivity contribution in [1.29, 1.82) is 5.26 Å². The van der Waals surface area contributed by atoms with Crippen molar-refractivity contribution < 1.29 is 4.74 Å². The number of allylic oxidation sites excluding steroid dienone is 3. The average molecular weight is 375 g/mol. The Morgan fingerprint density at radius 3 is 2.15 bits per heavy atom. The van der Waals surface area contributed by atoms with E-state index < -0.39 is 0 Å². The zero-order valence-electron chi connectivity index (χ0n) is 17.8. The third-order valence-electron chi connectivity index (χ3n) is 6.08. The van der Waals surface area contributed by atoms with Crippen molar-refractivity contribution in [3.05, 3.63) is 22.9 Å². The molecule has 1 unspecified atom stereocenters. The predicted octanol–water partition coefficient (Wildman–Crippen LogP) is 3.12. The lowest BCUT2D eigenvalue weighted by molar-refractivity contribution is 0.0309. The minimum absolute atomic E-state index is 0.324. The maximum Gasteiger partial charge on any atom is 0.0950 e. The second kappa shape index (κ2) is 11.5. The topological polar surface area (TPSA) is 42.7 Å². The third-order valence-corrected chi connectivity index (χ3v) is 6.08. The van der Waals surface area contributed by atoms with Gasteiger partial charge < -0.3 is 9.64 Å². The van der Waals surface area contributed by atoms with Crippen molar-refractivity contribution >= 4 is 0 Å². The summed E-state index contributed by atoms with van der Waals surface area (Å²) in [6, 6.07) is 2.44. The molecular weight excluding hydrogens is 336 g/mol. The highest BCUT2D eigenvalue weighted by Gasteiger charge is 2.21. The molecule has 0 aliphatic carbocycles. The summed E-state index contributed by atoms with van der Waals surface area (Å²) in [5.74, 6) is 0.324. The van der Waals surface area contributed by atoms with Crippen LogP contribution in [0, 0.1) is 17.2 Å². The van der Waals surface area contributed by atoms with Gasteiger partial charge in [0.1, 0.15) is 0 Å². The molecule has 5 nitrogen and oxygen atoms in total. The van der Waals surface area contributed by atoms with Gasteiger partial charge in [-0.25, -0.2) is 0 Å². The molecule has 0 aromatic rings. The number of hydrogen-bond donors (Lipinski definition) is 0. The van der Waals surface area contributed by atoms with Gasteiger partial charge in [-0.1, -0.05) is 26.3 Å². The van der Waals surface area contributed by atoms with Gasteiger partial charge in [-0.3, -0.25) is 9.80 Å². The van der Waals surface area contributed by atoms with Crippen molar-refractivity contribution in [2.24, 2.45) is 5.92 Å². The van der Waals surface area contributed by atoms with Gasteiger partial charge >= 0.3 is 0 Å². The summed E-state index contributed by atoms with van der Waals surface area (Å²) in [7, 11) is 0. The van der Waals surface area contributed by atoms with Crippen LogP contribution in [0.5, 0.6) is 0 Å². The molecule has 2 rings (SSSR count). The van der Waals surface area contributed by atoms with Crippen LogP contribution in [-0.2, 0) is 4.74 Å².